The third-order valence-electron chi connectivity index (χ3n) is 4.27. The van der Waals surface area contributed by atoms with Crippen LogP contribution in [-0.2, 0) is 0 Å². The van der Waals surface area contributed by atoms with Crippen LogP contribution >= 0.6 is 15.9 Å². The SMILES string of the molecule is CCCCC(CCCC)(CCCC)CCCCBr. The van der Waals surface area contributed by atoms with Gasteiger partial charge in [-0.3, -0.25) is 0 Å². The van der Waals surface area contributed by atoms with Crippen LogP contribution in [0.5, 0.6) is 0 Å². The lowest BCUT2D eigenvalue weighted by molar-refractivity contribution is 0.177. The van der Waals surface area contributed by atoms with Crippen molar-refractivity contribution >= 4 is 15.9 Å². The van der Waals surface area contributed by atoms with Gasteiger partial charge in [0.05, 0.1) is 0 Å². The zero-order chi connectivity index (χ0) is 13.7. The molecular formula is C17H35Br. The molecule has 0 bridgehead atoms. The third kappa shape index (κ3) is 8.56. The fourth-order valence-electron chi connectivity index (χ4n) is 3.00. The molecule has 0 aromatic rings. The Labute approximate surface area is 124 Å². The van der Waals surface area contributed by atoms with Gasteiger partial charge in [0, 0.05) is 5.33 Å². The van der Waals surface area contributed by atoms with Crippen LogP contribution in [0, 0.1) is 5.41 Å². The second-order valence-corrected chi connectivity index (χ2v) is 6.75. The molecule has 0 fully saturated rings. The van der Waals surface area contributed by atoms with E-state index in [1.807, 2.05) is 0 Å². The number of hydrogen-bond donors (Lipinski definition) is 0. The average Bonchev–Trinajstić information content (AvgIpc) is 2.40. The lowest BCUT2D eigenvalue weighted by atomic mass is 9.71. The van der Waals surface area contributed by atoms with E-state index >= 15 is 0 Å². The molecule has 0 aliphatic heterocycles. The summed E-state index contributed by atoms with van der Waals surface area (Å²) in [6, 6.07) is 0. The van der Waals surface area contributed by atoms with E-state index in [-0.39, 0.29) is 0 Å². The van der Waals surface area contributed by atoms with Crippen molar-refractivity contribution in [3.8, 4) is 0 Å². The van der Waals surface area contributed by atoms with E-state index < -0.39 is 0 Å². The van der Waals surface area contributed by atoms with Gasteiger partial charge < -0.3 is 0 Å². The molecule has 0 saturated carbocycles. The maximum absolute atomic E-state index is 3.58. The van der Waals surface area contributed by atoms with Crippen LogP contribution in [0.2, 0.25) is 0 Å². The maximum atomic E-state index is 3.58. The van der Waals surface area contributed by atoms with Gasteiger partial charge in [-0.2, -0.15) is 0 Å². The second kappa shape index (κ2) is 12.5. The molecule has 0 aliphatic rings. The minimum absolute atomic E-state index is 0.685. The summed E-state index contributed by atoms with van der Waals surface area (Å²) >= 11 is 3.58. The first-order valence-corrected chi connectivity index (χ1v) is 9.42. The summed E-state index contributed by atoms with van der Waals surface area (Å²) in [6.45, 7) is 7.01. The Morgan fingerprint density at radius 3 is 1.33 bits per heavy atom. The van der Waals surface area contributed by atoms with E-state index in [0.717, 1.165) is 0 Å². The van der Waals surface area contributed by atoms with E-state index in [1.165, 1.54) is 82.4 Å². The van der Waals surface area contributed by atoms with Crippen molar-refractivity contribution in [3.05, 3.63) is 0 Å². The van der Waals surface area contributed by atoms with Crippen LogP contribution < -0.4 is 0 Å². The minimum atomic E-state index is 0.685. The summed E-state index contributed by atoms with van der Waals surface area (Å²) in [6.07, 6.45) is 17.1. The van der Waals surface area contributed by atoms with E-state index in [4.69, 9.17) is 0 Å². The monoisotopic (exact) mass is 318 g/mol. The largest absolute Gasteiger partial charge is 0.0928 e. The molecule has 18 heavy (non-hydrogen) atoms. The van der Waals surface area contributed by atoms with Gasteiger partial charge in [0.25, 0.3) is 0 Å². The van der Waals surface area contributed by atoms with Crippen LogP contribution in [0.3, 0.4) is 0 Å². The number of halogens is 1. The van der Waals surface area contributed by atoms with Gasteiger partial charge in [-0.15, -0.1) is 0 Å². The lowest BCUT2D eigenvalue weighted by Gasteiger charge is -2.34. The Morgan fingerprint density at radius 1 is 0.611 bits per heavy atom. The van der Waals surface area contributed by atoms with Crippen LogP contribution in [-0.4, -0.2) is 5.33 Å². The quantitative estimate of drug-likeness (QED) is 0.251. The Bertz CT molecular complexity index is 143. The number of unbranched alkanes of at least 4 members (excludes halogenated alkanes) is 4. The highest BCUT2D eigenvalue weighted by molar-refractivity contribution is 9.09. The summed E-state index contributed by atoms with van der Waals surface area (Å²) in [5.74, 6) is 0. The van der Waals surface area contributed by atoms with Gasteiger partial charge in [0.15, 0.2) is 0 Å². The van der Waals surface area contributed by atoms with Crippen molar-refractivity contribution in [1.29, 1.82) is 0 Å². The molecule has 0 atom stereocenters. The predicted molar refractivity (Wildman–Crippen MR) is 88.7 cm³/mol. The van der Waals surface area contributed by atoms with E-state index in [0.29, 0.717) is 5.41 Å². The summed E-state index contributed by atoms with van der Waals surface area (Å²) in [7, 11) is 0. The summed E-state index contributed by atoms with van der Waals surface area (Å²) < 4.78 is 0. The molecule has 0 spiro atoms. The van der Waals surface area contributed by atoms with E-state index in [2.05, 4.69) is 36.7 Å². The molecule has 0 amide bonds. The summed E-state index contributed by atoms with van der Waals surface area (Å²) in [5, 5.41) is 1.18. The molecule has 0 radical (unpaired) electrons. The van der Waals surface area contributed by atoms with Gasteiger partial charge in [-0.1, -0.05) is 81.6 Å². The first-order chi connectivity index (χ1) is 8.74. The van der Waals surface area contributed by atoms with Gasteiger partial charge >= 0.3 is 0 Å². The van der Waals surface area contributed by atoms with Crippen molar-refractivity contribution in [1.82, 2.24) is 0 Å². The Balaban J connectivity index is 4.41. The normalized spacial score (nSPS) is 12.0. The van der Waals surface area contributed by atoms with Crippen LogP contribution in [0.25, 0.3) is 0 Å². The molecular weight excluding hydrogens is 284 g/mol. The third-order valence-corrected chi connectivity index (χ3v) is 4.83. The van der Waals surface area contributed by atoms with Crippen molar-refractivity contribution in [2.75, 3.05) is 5.33 Å². The molecule has 0 aromatic carbocycles. The zero-order valence-electron chi connectivity index (χ0n) is 13.1. The summed E-state index contributed by atoms with van der Waals surface area (Å²) in [4.78, 5) is 0. The zero-order valence-corrected chi connectivity index (χ0v) is 14.7. The van der Waals surface area contributed by atoms with Crippen LogP contribution in [0.4, 0.5) is 0 Å². The molecule has 0 unspecified atom stereocenters. The van der Waals surface area contributed by atoms with Gasteiger partial charge in [0.2, 0.25) is 0 Å². The molecule has 0 aliphatic carbocycles. The maximum Gasteiger partial charge on any atom is 0.00313 e. The highest BCUT2D eigenvalue weighted by Gasteiger charge is 2.27. The Morgan fingerprint density at radius 2 is 1.00 bits per heavy atom. The van der Waals surface area contributed by atoms with E-state index in [9.17, 15) is 0 Å². The summed E-state index contributed by atoms with van der Waals surface area (Å²) in [5.41, 5.74) is 0.685. The molecule has 0 N–H and O–H groups in total. The number of hydrogen-bond acceptors (Lipinski definition) is 0. The van der Waals surface area contributed by atoms with Crippen LogP contribution in [0.15, 0.2) is 0 Å². The van der Waals surface area contributed by atoms with Gasteiger partial charge in [-0.25, -0.2) is 0 Å². The minimum Gasteiger partial charge on any atom is -0.0928 e. The van der Waals surface area contributed by atoms with Crippen molar-refractivity contribution < 1.29 is 0 Å². The fraction of sp³-hybridized carbons (Fsp3) is 1.00. The first-order valence-electron chi connectivity index (χ1n) is 8.30. The Kier molecular flexibility index (Phi) is 12.8. The molecule has 0 heterocycles. The molecule has 0 rings (SSSR count). The van der Waals surface area contributed by atoms with Crippen LogP contribution in [0.1, 0.15) is 97.8 Å². The Hall–Kier alpha value is 0.480. The highest BCUT2D eigenvalue weighted by Crippen LogP contribution is 2.41. The van der Waals surface area contributed by atoms with E-state index in [1.54, 1.807) is 0 Å². The molecule has 0 saturated heterocycles. The number of rotatable bonds is 13. The van der Waals surface area contributed by atoms with Gasteiger partial charge in [-0.05, 0) is 37.5 Å². The molecule has 110 valence electrons. The highest BCUT2D eigenvalue weighted by atomic mass is 79.9. The molecule has 0 nitrogen and oxygen atoms in total. The lowest BCUT2D eigenvalue weighted by Crippen LogP contribution is -2.21. The topological polar surface area (TPSA) is 0 Å². The van der Waals surface area contributed by atoms with Gasteiger partial charge in [0.1, 0.15) is 0 Å². The fourth-order valence-corrected chi connectivity index (χ4v) is 3.40. The number of alkyl halides is 1. The standard InChI is InChI=1S/C17H35Br/c1-4-7-12-17(13-8-5-2,14-9-6-3)15-10-11-16-18/h4-16H2,1-3H3. The van der Waals surface area contributed by atoms with Crippen molar-refractivity contribution in [2.24, 2.45) is 5.41 Å². The average molecular weight is 319 g/mol. The molecule has 1 heteroatoms. The smallest absolute Gasteiger partial charge is 0.00313 e. The van der Waals surface area contributed by atoms with Crippen molar-refractivity contribution in [3.63, 3.8) is 0 Å². The van der Waals surface area contributed by atoms with Crippen molar-refractivity contribution in [2.45, 2.75) is 97.8 Å². The second-order valence-electron chi connectivity index (χ2n) is 5.96. The first kappa shape index (κ1) is 18.5. The molecule has 0 aromatic heterocycles. The predicted octanol–water partition coefficient (Wildman–Crippen LogP) is 7.11.